The van der Waals surface area contributed by atoms with Crippen molar-refractivity contribution in [2.45, 2.75) is 13.3 Å². The molecule has 0 spiro atoms. The zero-order chi connectivity index (χ0) is 13.9. The van der Waals surface area contributed by atoms with Gasteiger partial charge in [0.2, 0.25) is 0 Å². The molecular formula is C18H18N2. The van der Waals surface area contributed by atoms with E-state index in [1.54, 1.807) is 0 Å². The number of hydrogen-bond acceptors (Lipinski definition) is 1. The summed E-state index contributed by atoms with van der Waals surface area (Å²) in [5, 5.41) is 0. The van der Waals surface area contributed by atoms with Crippen LogP contribution >= 0.6 is 0 Å². The van der Waals surface area contributed by atoms with Gasteiger partial charge in [-0.1, -0.05) is 43.3 Å². The van der Waals surface area contributed by atoms with Crippen LogP contribution in [-0.4, -0.2) is 9.55 Å². The van der Waals surface area contributed by atoms with E-state index in [2.05, 4.69) is 59.9 Å². The lowest BCUT2D eigenvalue weighted by Gasteiger charge is -2.07. The minimum Gasteiger partial charge on any atom is -0.347 e. The van der Waals surface area contributed by atoms with Crippen LogP contribution in [0.15, 0.2) is 60.8 Å². The second kappa shape index (κ2) is 5.33. The van der Waals surface area contributed by atoms with Crippen molar-refractivity contribution in [3.05, 3.63) is 66.5 Å². The van der Waals surface area contributed by atoms with Gasteiger partial charge in [0.25, 0.3) is 0 Å². The molecule has 0 fully saturated rings. The summed E-state index contributed by atoms with van der Waals surface area (Å²) < 4.78 is 2.28. The standard InChI is InChI=1S/C18H18N2/c1-3-17-15(16-11-7-8-12-19-16)13-18(20(17)2)14-9-5-4-6-10-14/h4-13H,3H2,1-2H3. The molecule has 2 nitrogen and oxygen atoms in total. The highest BCUT2D eigenvalue weighted by Crippen LogP contribution is 2.31. The summed E-state index contributed by atoms with van der Waals surface area (Å²) >= 11 is 0. The maximum absolute atomic E-state index is 4.49. The first-order valence-corrected chi connectivity index (χ1v) is 6.96. The van der Waals surface area contributed by atoms with Crippen molar-refractivity contribution in [3.63, 3.8) is 0 Å². The van der Waals surface area contributed by atoms with Crippen molar-refractivity contribution in [2.75, 3.05) is 0 Å². The van der Waals surface area contributed by atoms with Gasteiger partial charge in [0.15, 0.2) is 0 Å². The molecule has 0 saturated heterocycles. The Balaban J connectivity index is 2.18. The molecule has 0 aliphatic rings. The van der Waals surface area contributed by atoms with Crippen molar-refractivity contribution >= 4 is 0 Å². The second-order valence-corrected chi connectivity index (χ2v) is 4.88. The van der Waals surface area contributed by atoms with Crippen molar-refractivity contribution in [2.24, 2.45) is 7.05 Å². The first kappa shape index (κ1) is 12.7. The van der Waals surface area contributed by atoms with Crippen molar-refractivity contribution in [1.29, 1.82) is 0 Å². The predicted octanol–water partition coefficient (Wildman–Crippen LogP) is 4.32. The topological polar surface area (TPSA) is 17.8 Å². The number of pyridine rings is 1. The Bertz CT molecular complexity index is 697. The molecule has 0 aliphatic carbocycles. The van der Waals surface area contributed by atoms with Crippen LogP contribution in [0, 0.1) is 0 Å². The third kappa shape index (κ3) is 2.14. The van der Waals surface area contributed by atoms with Gasteiger partial charge in [0, 0.05) is 30.2 Å². The molecule has 0 radical (unpaired) electrons. The first-order valence-electron chi connectivity index (χ1n) is 6.96. The monoisotopic (exact) mass is 262 g/mol. The van der Waals surface area contributed by atoms with Gasteiger partial charge in [-0.15, -0.1) is 0 Å². The molecule has 0 bridgehead atoms. The van der Waals surface area contributed by atoms with E-state index < -0.39 is 0 Å². The largest absolute Gasteiger partial charge is 0.347 e. The fourth-order valence-corrected chi connectivity index (χ4v) is 2.70. The SMILES string of the molecule is CCc1c(-c2ccccn2)cc(-c2ccccc2)n1C. The minimum atomic E-state index is 0.995. The van der Waals surface area contributed by atoms with E-state index in [-0.39, 0.29) is 0 Å². The lowest BCUT2D eigenvalue weighted by molar-refractivity contribution is 0.846. The van der Waals surface area contributed by atoms with Crippen LogP contribution in [0.4, 0.5) is 0 Å². The minimum absolute atomic E-state index is 0.995. The summed E-state index contributed by atoms with van der Waals surface area (Å²) in [6.07, 6.45) is 2.85. The lowest BCUT2D eigenvalue weighted by atomic mass is 10.1. The quantitative estimate of drug-likeness (QED) is 0.687. The molecule has 2 heteroatoms. The smallest absolute Gasteiger partial charge is 0.0720 e. The van der Waals surface area contributed by atoms with Gasteiger partial charge >= 0.3 is 0 Å². The molecule has 2 heterocycles. The summed E-state index contributed by atoms with van der Waals surface area (Å²) in [5.74, 6) is 0. The summed E-state index contributed by atoms with van der Waals surface area (Å²) in [6.45, 7) is 2.19. The lowest BCUT2D eigenvalue weighted by Crippen LogP contribution is -1.98. The van der Waals surface area contributed by atoms with Crippen LogP contribution in [0.1, 0.15) is 12.6 Å². The molecule has 100 valence electrons. The Morgan fingerprint density at radius 1 is 1.00 bits per heavy atom. The van der Waals surface area contributed by atoms with Crippen LogP contribution in [0.2, 0.25) is 0 Å². The van der Waals surface area contributed by atoms with Gasteiger partial charge in [-0.3, -0.25) is 4.98 Å². The van der Waals surface area contributed by atoms with Gasteiger partial charge in [0.05, 0.1) is 5.69 Å². The second-order valence-electron chi connectivity index (χ2n) is 4.88. The average Bonchev–Trinajstić information content (AvgIpc) is 2.86. The normalized spacial score (nSPS) is 10.7. The fourth-order valence-electron chi connectivity index (χ4n) is 2.70. The number of hydrogen-bond donors (Lipinski definition) is 0. The third-order valence-electron chi connectivity index (χ3n) is 3.70. The third-order valence-corrected chi connectivity index (χ3v) is 3.70. The summed E-state index contributed by atoms with van der Waals surface area (Å²) in [6, 6.07) is 18.8. The van der Waals surface area contributed by atoms with Gasteiger partial charge in [-0.05, 0) is 30.2 Å². The highest BCUT2D eigenvalue weighted by molar-refractivity contribution is 5.73. The molecule has 0 atom stereocenters. The van der Waals surface area contributed by atoms with E-state index in [1.807, 2.05) is 24.4 Å². The van der Waals surface area contributed by atoms with Gasteiger partial charge in [-0.2, -0.15) is 0 Å². The Morgan fingerprint density at radius 3 is 2.40 bits per heavy atom. The number of nitrogens with zero attached hydrogens (tertiary/aromatic N) is 2. The number of rotatable bonds is 3. The van der Waals surface area contributed by atoms with Gasteiger partial charge in [-0.25, -0.2) is 0 Å². The van der Waals surface area contributed by atoms with E-state index in [0.717, 1.165) is 12.1 Å². The summed E-state index contributed by atoms with van der Waals surface area (Å²) in [4.78, 5) is 4.49. The molecule has 3 rings (SSSR count). The highest BCUT2D eigenvalue weighted by atomic mass is 15.0. The van der Waals surface area contributed by atoms with Gasteiger partial charge < -0.3 is 4.57 Å². The molecule has 3 aromatic rings. The van der Waals surface area contributed by atoms with Crippen LogP contribution in [-0.2, 0) is 13.5 Å². The van der Waals surface area contributed by atoms with E-state index >= 15 is 0 Å². The molecule has 0 saturated carbocycles. The van der Waals surface area contributed by atoms with Crippen LogP contribution in [0.3, 0.4) is 0 Å². The molecule has 0 unspecified atom stereocenters. The number of benzene rings is 1. The summed E-state index contributed by atoms with van der Waals surface area (Å²) in [7, 11) is 2.13. The van der Waals surface area contributed by atoms with Crippen molar-refractivity contribution in [1.82, 2.24) is 9.55 Å². The van der Waals surface area contributed by atoms with Crippen LogP contribution < -0.4 is 0 Å². The Morgan fingerprint density at radius 2 is 1.75 bits per heavy atom. The van der Waals surface area contributed by atoms with E-state index in [0.29, 0.717) is 0 Å². The van der Waals surface area contributed by atoms with E-state index in [9.17, 15) is 0 Å². The Labute approximate surface area is 119 Å². The molecule has 2 aromatic heterocycles. The van der Waals surface area contributed by atoms with Gasteiger partial charge in [0.1, 0.15) is 0 Å². The molecule has 20 heavy (non-hydrogen) atoms. The van der Waals surface area contributed by atoms with E-state index in [4.69, 9.17) is 0 Å². The zero-order valence-electron chi connectivity index (χ0n) is 11.9. The average molecular weight is 262 g/mol. The number of aromatic nitrogens is 2. The fraction of sp³-hybridized carbons (Fsp3) is 0.167. The van der Waals surface area contributed by atoms with Crippen LogP contribution in [0.25, 0.3) is 22.5 Å². The maximum Gasteiger partial charge on any atom is 0.0720 e. The maximum atomic E-state index is 4.49. The molecule has 0 amide bonds. The van der Waals surface area contributed by atoms with Crippen LogP contribution in [0.5, 0.6) is 0 Å². The highest BCUT2D eigenvalue weighted by Gasteiger charge is 2.14. The first-order chi connectivity index (χ1) is 9.81. The predicted molar refractivity (Wildman–Crippen MR) is 83.5 cm³/mol. The molecule has 0 N–H and O–H groups in total. The zero-order valence-corrected chi connectivity index (χ0v) is 11.9. The molecule has 1 aromatic carbocycles. The van der Waals surface area contributed by atoms with E-state index in [1.165, 1.54) is 22.5 Å². The molecular weight excluding hydrogens is 244 g/mol. The summed E-state index contributed by atoms with van der Waals surface area (Å²) in [5.41, 5.74) is 6.08. The molecule has 0 aliphatic heterocycles. The Hall–Kier alpha value is -2.35. The van der Waals surface area contributed by atoms with Crippen molar-refractivity contribution in [3.8, 4) is 22.5 Å². The van der Waals surface area contributed by atoms with Crippen molar-refractivity contribution < 1.29 is 0 Å². The Kier molecular flexibility index (Phi) is 3.38.